The molecule has 2 nitrogen and oxygen atoms in total. The minimum absolute atomic E-state index is 1.20. The fourth-order valence-corrected chi connectivity index (χ4v) is 0.525. The maximum absolute atomic E-state index is 5.30. The van der Waals surface area contributed by atoms with Crippen LogP contribution in [0.4, 0.5) is 0 Å². The Morgan fingerprint density at radius 1 is 1.44 bits per heavy atom. The fourth-order valence-electron chi connectivity index (χ4n) is 0.525. The van der Waals surface area contributed by atoms with Gasteiger partial charge in [0.25, 0.3) is 0 Å². The Balaban J connectivity index is 0.000000291. The van der Waals surface area contributed by atoms with E-state index >= 15 is 0 Å². The maximum atomic E-state index is 5.30. The summed E-state index contributed by atoms with van der Waals surface area (Å²) in [5, 5.41) is 0. The van der Waals surface area contributed by atoms with Crippen molar-refractivity contribution in [1.82, 2.24) is 4.68 Å². The Hall–Kier alpha value is -0.920. The highest BCUT2D eigenvalue weighted by Gasteiger charge is 1.80. The van der Waals surface area contributed by atoms with E-state index in [1.54, 1.807) is 0 Å². The average Bonchev–Trinajstić information content (AvgIpc) is 2.20. The SMILES string of the molecule is CC.Cc1ccn(N)c1. The van der Waals surface area contributed by atoms with E-state index in [1.807, 2.05) is 39.2 Å². The molecular weight excluding hydrogens is 112 g/mol. The Bertz CT molecular complexity index is 139. The van der Waals surface area contributed by atoms with E-state index in [0.29, 0.717) is 0 Å². The molecule has 52 valence electrons. The molecule has 0 saturated heterocycles. The van der Waals surface area contributed by atoms with E-state index < -0.39 is 0 Å². The standard InChI is InChI=1S/C5H8N2.C2H6/c1-5-2-3-7(6)4-5;1-2/h2-4H,6H2,1H3;1-2H3. The van der Waals surface area contributed by atoms with Gasteiger partial charge in [-0.05, 0) is 18.6 Å². The first-order chi connectivity index (χ1) is 4.29. The van der Waals surface area contributed by atoms with Crippen LogP contribution < -0.4 is 5.84 Å². The zero-order valence-electron chi connectivity index (χ0n) is 6.26. The molecule has 2 heteroatoms. The second-order valence-corrected chi connectivity index (χ2v) is 1.64. The molecule has 0 radical (unpaired) electrons. The molecule has 0 aliphatic carbocycles. The van der Waals surface area contributed by atoms with Gasteiger partial charge in [-0.1, -0.05) is 13.8 Å². The molecule has 0 spiro atoms. The number of nitrogens with zero attached hydrogens (tertiary/aromatic N) is 1. The second kappa shape index (κ2) is 4.01. The van der Waals surface area contributed by atoms with Crippen LogP contribution in [-0.4, -0.2) is 4.68 Å². The minimum Gasteiger partial charge on any atom is -0.340 e. The van der Waals surface area contributed by atoms with Gasteiger partial charge in [-0.2, -0.15) is 0 Å². The van der Waals surface area contributed by atoms with E-state index in [0.717, 1.165) is 0 Å². The normalized spacial score (nSPS) is 7.89. The predicted molar refractivity (Wildman–Crippen MR) is 40.7 cm³/mol. The van der Waals surface area contributed by atoms with Crippen LogP contribution >= 0.6 is 0 Å². The van der Waals surface area contributed by atoms with Crippen molar-refractivity contribution < 1.29 is 0 Å². The van der Waals surface area contributed by atoms with Crippen LogP contribution in [0.25, 0.3) is 0 Å². The van der Waals surface area contributed by atoms with Crippen molar-refractivity contribution in [2.75, 3.05) is 5.84 Å². The third-order valence-electron chi connectivity index (χ3n) is 0.862. The average molecular weight is 126 g/mol. The summed E-state index contributed by atoms with van der Waals surface area (Å²) in [4.78, 5) is 0. The van der Waals surface area contributed by atoms with Gasteiger partial charge in [0.2, 0.25) is 0 Å². The molecule has 0 aliphatic rings. The van der Waals surface area contributed by atoms with E-state index in [-0.39, 0.29) is 0 Å². The zero-order chi connectivity index (χ0) is 7.28. The molecule has 0 amide bonds. The summed E-state index contributed by atoms with van der Waals surface area (Å²) in [6, 6.07) is 1.96. The van der Waals surface area contributed by atoms with Crippen LogP contribution in [0, 0.1) is 6.92 Å². The molecule has 0 fully saturated rings. The van der Waals surface area contributed by atoms with E-state index in [9.17, 15) is 0 Å². The highest BCUT2D eigenvalue weighted by Crippen LogP contribution is 1.91. The fraction of sp³-hybridized carbons (Fsp3) is 0.429. The second-order valence-electron chi connectivity index (χ2n) is 1.64. The molecule has 0 atom stereocenters. The van der Waals surface area contributed by atoms with Crippen molar-refractivity contribution in [3.63, 3.8) is 0 Å². The number of nitrogens with two attached hydrogens (primary N) is 1. The summed E-state index contributed by atoms with van der Waals surface area (Å²) in [5.74, 6) is 5.30. The van der Waals surface area contributed by atoms with Crippen LogP contribution in [-0.2, 0) is 0 Å². The third-order valence-corrected chi connectivity index (χ3v) is 0.862. The molecule has 1 aromatic rings. The summed E-state index contributed by atoms with van der Waals surface area (Å²) >= 11 is 0. The van der Waals surface area contributed by atoms with Crippen LogP contribution in [0.5, 0.6) is 0 Å². The van der Waals surface area contributed by atoms with Crippen LogP contribution in [0.2, 0.25) is 0 Å². The van der Waals surface area contributed by atoms with Crippen LogP contribution in [0.1, 0.15) is 19.4 Å². The van der Waals surface area contributed by atoms with Gasteiger partial charge in [0.15, 0.2) is 0 Å². The quantitative estimate of drug-likeness (QED) is 0.525. The van der Waals surface area contributed by atoms with Crippen molar-refractivity contribution in [2.45, 2.75) is 20.8 Å². The molecule has 0 aromatic carbocycles. The Labute approximate surface area is 56.3 Å². The van der Waals surface area contributed by atoms with Gasteiger partial charge in [0.05, 0.1) is 0 Å². The summed E-state index contributed by atoms with van der Waals surface area (Å²) in [7, 11) is 0. The van der Waals surface area contributed by atoms with Gasteiger partial charge >= 0.3 is 0 Å². The first kappa shape index (κ1) is 8.08. The van der Waals surface area contributed by atoms with Crippen molar-refractivity contribution >= 4 is 0 Å². The Morgan fingerprint density at radius 2 is 2.00 bits per heavy atom. The molecule has 1 rings (SSSR count). The van der Waals surface area contributed by atoms with Gasteiger partial charge in [-0.15, -0.1) is 0 Å². The Morgan fingerprint density at radius 3 is 2.11 bits per heavy atom. The van der Waals surface area contributed by atoms with Crippen molar-refractivity contribution in [3.05, 3.63) is 24.0 Å². The molecule has 0 saturated carbocycles. The maximum Gasteiger partial charge on any atom is 0.0285 e. The first-order valence-corrected chi connectivity index (χ1v) is 3.19. The lowest BCUT2D eigenvalue weighted by Gasteiger charge is -1.82. The summed E-state index contributed by atoms with van der Waals surface area (Å²) in [6.07, 6.45) is 3.68. The molecule has 1 heterocycles. The van der Waals surface area contributed by atoms with E-state index in [2.05, 4.69) is 0 Å². The van der Waals surface area contributed by atoms with Gasteiger partial charge in [-0.25, -0.2) is 0 Å². The lowest BCUT2D eigenvalue weighted by atomic mass is 10.4. The third kappa shape index (κ3) is 2.80. The summed E-state index contributed by atoms with van der Waals surface area (Å²) < 4.78 is 1.54. The molecule has 0 unspecified atom stereocenters. The number of rotatable bonds is 0. The van der Waals surface area contributed by atoms with Gasteiger partial charge < -0.3 is 5.84 Å². The zero-order valence-corrected chi connectivity index (χ0v) is 6.26. The van der Waals surface area contributed by atoms with Crippen LogP contribution in [0.3, 0.4) is 0 Å². The van der Waals surface area contributed by atoms with Crippen molar-refractivity contribution in [2.24, 2.45) is 0 Å². The number of aryl methyl sites for hydroxylation is 1. The lowest BCUT2D eigenvalue weighted by Crippen LogP contribution is -2.02. The minimum atomic E-state index is 1.20. The van der Waals surface area contributed by atoms with Crippen LogP contribution in [0.15, 0.2) is 18.5 Å². The van der Waals surface area contributed by atoms with Gasteiger partial charge in [-0.3, -0.25) is 4.68 Å². The topological polar surface area (TPSA) is 30.9 Å². The van der Waals surface area contributed by atoms with Gasteiger partial charge in [0.1, 0.15) is 0 Å². The smallest absolute Gasteiger partial charge is 0.0285 e. The molecule has 0 aliphatic heterocycles. The van der Waals surface area contributed by atoms with E-state index in [1.165, 1.54) is 10.2 Å². The molecular formula is C7H14N2. The van der Waals surface area contributed by atoms with Crippen molar-refractivity contribution in [1.29, 1.82) is 0 Å². The number of nitrogen functional groups attached to an aromatic ring is 1. The van der Waals surface area contributed by atoms with E-state index in [4.69, 9.17) is 5.84 Å². The molecule has 0 bridgehead atoms. The molecule has 9 heavy (non-hydrogen) atoms. The lowest BCUT2D eigenvalue weighted by molar-refractivity contribution is 1.02. The first-order valence-electron chi connectivity index (χ1n) is 3.19. The monoisotopic (exact) mass is 126 g/mol. The molecule has 1 aromatic heterocycles. The highest BCUT2D eigenvalue weighted by molar-refractivity contribution is 5.06. The van der Waals surface area contributed by atoms with Gasteiger partial charge in [0, 0.05) is 12.4 Å². The number of aromatic nitrogens is 1. The number of hydrogen-bond acceptors (Lipinski definition) is 1. The largest absolute Gasteiger partial charge is 0.340 e. The summed E-state index contributed by atoms with van der Waals surface area (Å²) in [5.41, 5.74) is 1.20. The summed E-state index contributed by atoms with van der Waals surface area (Å²) in [6.45, 7) is 6.00. The molecule has 2 N–H and O–H groups in total. The Kier molecular flexibility index (Phi) is 3.60. The predicted octanol–water partition coefficient (Wildman–Crippen LogP) is 1.54. The number of hydrogen-bond donors (Lipinski definition) is 1. The van der Waals surface area contributed by atoms with Crippen molar-refractivity contribution in [3.8, 4) is 0 Å². The highest BCUT2D eigenvalue weighted by atomic mass is 15.3.